The van der Waals surface area contributed by atoms with Crippen LogP contribution in [0.3, 0.4) is 0 Å². The van der Waals surface area contributed by atoms with Crippen LogP contribution >= 0.6 is 24.8 Å². The van der Waals surface area contributed by atoms with Gasteiger partial charge < -0.3 is 31.7 Å². The Morgan fingerprint density at radius 2 is 1.68 bits per heavy atom. The maximum absolute atomic E-state index is 13.1. The van der Waals surface area contributed by atoms with Crippen LogP contribution in [-0.4, -0.2) is 43.9 Å². The van der Waals surface area contributed by atoms with Crippen molar-refractivity contribution in [3.05, 3.63) is 89.5 Å². The number of hydrogen-bond acceptors (Lipinski definition) is 6. The zero-order valence-electron chi connectivity index (χ0n) is 22.1. The Morgan fingerprint density at radius 1 is 0.975 bits per heavy atom. The molecule has 0 radical (unpaired) electrons. The second-order valence-electron chi connectivity index (χ2n) is 9.42. The van der Waals surface area contributed by atoms with Gasteiger partial charge >= 0.3 is 0 Å². The van der Waals surface area contributed by atoms with Crippen molar-refractivity contribution in [3.8, 4) is 5.75 Å². The van der Waals surface area contributed by atoms with E-state index in [4.69, 9.17) is 21.6 Å². The van der Waals surface area contributed by atoms with Gasteiger partial charge in [0.2, 0.25) is 5.91 Å². The van der Waals surface area contributed by atoms with Gasteiger partial charge in [-0.2, -0.15) is 0 Å². The number of nitrogen functional groups attached to an aromatic ring is 1. The van der Waals surface area contributed by atoms with Crippen LogP contribution < -0.4 is 31.7 Å². The number of anilines is 2. The van der Waals surface area contributed by atoms with Crippen molar-refractivity contribution < 1.29 is 14.3 Å². The summed E-state index contributed by atoms with van der Waals surface area (Å²) in [4.78, 5) is 26.1. The van der Waals surface area contributed by atoms with E-state index in [1.165, 1.54) is 5.56 Å². The molecule has 0 saturated carbocycles. The number of nitrogens with zero attached hydrogens (tertiary/aromatic N) is 1. The van der Waals surface area contributed by atoms with Crippen molar-refractivity contribution in [2.75, 3.05) is 36.5 Å². The molecule has 7 N–H and O–H groups in total. The monoisotopic (exact) mass is 586 g/mol. The van der Waals surface area contributed by atoms with Gasteiger partial charge in [-0.05, 0) is 79.4 Å². The van der Waals surface area contributed by atoms with Gasteiger partial charge in [-0.25, -0.2) is 0 Å². The molecule has 2 amide bonds. The van der Waals surface area contributed by atoms with E-state index in [1.54, 1.807) is 18.2 Å². The number of amidine groups is 1. The fraction of sp³-hybridized carbons (Fsp3) is 0.276. The van der Waals surface area contributed by atoms with E-state index in [-0.39, 0.29) is 49.7 Å². The number of primary amides is 1. The molecule has 9 nitrogen and oxygen atoms in total. The molecule has 0 spiro atoms. The van der Waals surface area contributed by atoms with E-state index in [0.717, 1.165) is 42.9 Å². The standard InChI is InChI=1S/C29H34N6O3.2ClH/c30-27(36)19-38-26-6-1-3-20(15-26)17-35(25-5-2-4-23(16-25)29(31)32)18-28(37)34-24-9-7-21(8-10-24)22-11-13-33-14-12-22;;/h1-10,15-16,22,33H,11-14,17-19H2,(H2,30,36)(H3,31,32)(H,34,37);2*1H. The number of hydrogen-bond donors (Lipinski definition) is 5. The van der Waals surface area contributed by atoms with Gasteiger partial charge in [-0.1, -0.05) is 36.4 Å². The normalized spacial score (nSPS) is 12.8. The molecule has 3 aromatic rings. The predicted octanol–water partition coefficient (Wildman–Crippen LogP) is 3.79. The van der Waals surface area contributed by atoms with Gasteiger partial charge in [0.15, 0.2) is 6.61 Å². The van der Waals surface area contributed by atoms with Crippen LogP contribution in [0.15, 0.2) is 72.8 Å². The third kappa shape index (κ3) is 9.44. The Hall–Kier alpha value is -3.79. The molecule has 40 heavy (non-hydrogen) atoms. The maximum Gasteiger partial charge on any atom is 0.255 e. The number of halogens is 2. The third-order valence-electron chi connectivity index (χ3n) is 6.51. The summed E-state index contributed by atoms with van der Waals surface area (Å²) in [7, 11) is 0. The summed E-state index contributed by atoms with van der Waals surface area (Å²) in [5, 5.41) is 14.2. The van der Waals surface area contributed by atoms with Crippen molar-refractivity contribution in [1.82, 2.24) is 5.32 Å². The molecule has 214 valence electrons. The van der Waals surface area contributed by atoms with Crippen LogP contribution in [0.2, 0.25) is 0 Å². The van der Waals surface area contributed by atoms with E-state index >= 15 is 0 Å². The minimum Gasteiger partial charge on any atom is -0.484 e. The van der Waals surface area contributed by atoms with Gasteiger partial charge in [-0.15, -0.1) is 24.8 Å². The van der Waals surface area contributed by atoms with Crippen LogP contribution in [0.4, 0.5) is 11.4 Å². The number of piperidine rings is 1. The molecule has 3 aromatic carbocycles. The summed E-state index contributed by atoms with van der Waals surface area (Å²) >= 11 is 0. The average molecular weight is 588 g/mol. The van der Waals surface area contributed by atoms with Crippen LogP contribution in [0.25, 0.3) is 0 Å². The van der Waals surface area contributed by atoms with E-state index in [0.29, 0.717) is 23.8 Å². The molecule has 0 unspecified atom stereocenters. The van der Waals surface area contributed by atoms with Crippen LogP contribution in [0.5, 0.6) is 5.75 Å². The molecule has 0 bridgehead atoms. The second kappa shape index (κ2) is 15.7. The first-order valence-corrected chi connectivity index (χ1v) is 12.7. The highest BCUT2D eigenvalue weighted by Crippen LogP contribution is 2.26. The summed E-state index contributed by atoms with van der Waals surface area (Å²) in [5.74, 6) is 0.282. The van der Waals surface area contributed by atoms with Crippen molar-refractivity contribution in [2.24, 2.45) is 11.5 Å². The summed E-state index contributed by atoms with van der Waals surface area (Å²) in [6.07, 6.45) is 2.24. The van der Waals surface area contributed by atoms with Gasteiger partial charge in [0.05, 0.1) is 6.54 Å². The molecular weight excluding hydrogens is 551 g/mol. The van der Waals surface area contributed by atoms with Gasteiger partial charge in [0, 0.05) is 23.5 Å². The lowest BCUT2D eigenvalue weighted by Crippen LogP contribution is -2.33. The molecule has 1 aliphatic rings. The highest BCUT2D eigenvalue weighted by molar-refractivity contribution is 5.97. The molecule has 1 saturated heterocycles. The summed E-state index contributed by atoms with van der Waals surface area (Å²) in [6, 6.07) is 22.6. The Labute approximate surface area is 247 Å². The molecule has 0 atom stereocenters. The first-order chi connectivity index (χ1) is 18.4. The average Bonchev–Trinajstić information content (AvgIpc) is 2.93. The van der Waals surface area contributed by atoms with Crippen molar-refractivity contribution in [3.63, 3.8) is 0 Å². The molecular formula is C29H36Cl2N6O3. The lowest BCUT2D eigenvalue weighted by molar-refractivity contribution is -0.120. The van der Waals surface area contributed by atoms with Crippen molar-refractivity contribution >= 4 is 53.8 Å². The number of nitrogens with two attached hydrogens (primary N) is 2. The third-order valence-corrected chi connectivity index (χ3v) is 6.51. The van der Waals surface area contributed by atoms with Gasteiger partial charge in [-0.3, -0.25) is 15.0 Å². The second-order valence-corrected chi connectivity index (χ2v) is 9.42. The van der Waals surface area contributed by atoms with E-state index < -0.39 is 5.91 Å². The largest absolute Gasteiger partial charge is 0.484 e. The quantitative estimate of drug-likeness (QED) is 0.170. The maximum atomic E-state index is 13.1. The molecule has 1 heterocycles. The van der Waals surface area contributed by atoms with Gasteiger partial charge in [0.25, 0.3) is 5.91 Å². The number of rotatable bonds is 11. The van der Waals surface area contributed by atoms with E-state index in [2.05, 4.69) is 22.8 Å². The number of benzene rings is 3. The van der Waals surface area contributed by atoms with Gasteiger partial charge in [0.1, 0.15) is 11.6 Å². The zero-order valence-corrected chi connectivity index (χ0v) is 23.7. The smallest absolute Gasteiger partial charge is 0.255 e. The Balaban J connectivity index is 0.00000280. The van der Waals surface area contributed by atoms with Crippen molar-refractivity contribution in [1.29, 1.82) is 5.41 Å². The van der Waals surface area contributed by atoms with Crippen LogP contribution in [0, 0.1) is 5.41 Å². The number of carbonyl (C=O) groups excluding carboxylic acids is 2. The van der Waals surface area contributed by atoms with Crippen LogP contribution in [-0.2, 0) is 16.1 Å². The molecule has 1 fully saturated rings. The molecule has 0 aromatic heterocycles. The fourth-order valence-corrected chi connectivity index (χ4v) is 4.58. The van der Waals surface area contributed by atoms with E-state index in [1.807, 2.05) is 47.4 Å². The zero-order chi connectivity index (χ0) is 26.9. The van der Waals surface area contributed by atoms with E-state index in [9.17, 15) is 9.59 Å². The number of carbonyl (C=O) groups is 2. The summed E-state index contributed by atoms with van der Waals surface area (Å²) in [5.41, 5.74) is 15.1. The minimum absolute atomic E-state index is 0. The fourth-order valence-electron chi connectivity index (χ4n) is 4.58. The topological polar surface area (TPSA) is 147 Å². The number of ether oxygens (including phenoxy) is 1. The van der Waals surface area contributed by atoms with Crippen LogP contribution in [0.1, 0.15) is 35.4 Å². The number of nitrogens with one attached hydrogen (secondary N) is 3. The SMILES string of the molecule is Cl.Cl.N=C(N)c1cccc(N(CC(=O)Nc2ccc(C3CCNCC3)cc2)Cc2cccc(OCC(N)=O)c2)c1. The minimum atomic E-state index is -0.557. The molecule has 4 rings (SSSR count). The Morgan fingerprint density at radius 3 is 2.35 bits per heavy atom. The summed E-state index contributed by atoms with van der Waals surface area (Å²) in [6.45, 7) is 2.31. The summed E-state index contributed by atoms with van der Waals surface area (Å²) < 4.78 is 5.44. The first-order valence-electron chi connectivity index (χ1n) is 12.7. The number of amides is 2. The molecule has 11 heteroatoms. The van der Waals surface area contributed by atoms with Crippen molar-refractivity contribution in [2.45, 2.75) is 25.3 Å². The lowest BCUT2D eigenvalue weighted by Gasteiger charge is -2.25. The molecule has 1 aliphatic heterocycles. The lowest BCUT2D eigenvalue weighted by atomic mass is 9.90. The molecule has 0 aliphatic carbocycles. The Bertz CT molecular complexity index is 1280. The highest BCUT2D eigenvalue weighted by atomic mass is 35.5. The Kier molecular flexibility index (Phi) is 12.7. The first kappa shape index (κ1) is 32.4. The predicted molar refractivity (Wildman–Crippen MR) is 164 cm³/mol. The highest BCUT2D eigenvalue weighted by Gasteiger charge is 2.17.